The molecule has 0 saturated carbocycles. The lowest BCUT2D eigenvalue weighted by Gasteiger charge is -2.16. The number of nitriles is 1. The van der Waals surface area contributed by atoms with Crippen molar-refractivity contribution < 1.29 is 26.3 Å². The van der Waals surface area contributed by atoms with Gasteiger partial charge in [-0.1, -0.05) is 6.92 Å². The van der Waals surface area contributed by atoms with Gasteiger partial charge in [0.05, 0.1) is 6.07 Å². The molecule has 0 spiro atoms. The van der Waals surface area contributed by atoms with Crippen molar-refractivity contribution in [1.29, 1.82) is 5.26 Å². The average molecular weight is 217 g/mol. The number of rotatable bonds is 1. The van der Waals surface area contributed by atoms with Gasteiger partial charge in [0.1, 0.15) is 5.57 Å². The Kier molecular flexibility index (Phi) is 3.57. The largest absolute Gasteiger partial charge is 0.422 e. The first kappa shape index (κ1) is 12.8. The van der Waals surface area contributed by atoms with Crippen LogP contribution in [0, 0.1) is 11.3 Å². The van der Waals surface area contributed by atoms with E-state index in [1.54, 1.807) is 0 Å². The Morgan fingerprint density at radius 1 is 1.07 bits per heavy atom. The summed E-state index contributed by atoms with van der Waals surface area (Å²) in [5, 5.41) is 8.12. The summed E-state index contributed by atoms with van der Waals surface area (Å²) in [6.45, 7) is 1.05. The fourth-order valence-corrected chi connectivity index (χ4v) is 0.815. The number of hydrogen-bond acceptors (Lipinski definition) is 1. The van der Waals surface area contributed by atoms with Crippen molar-refractivity contribution in [3.05, 3.63) is 11.1 Å². The van der Waals surface area contributed by atoms with Gasteiger partial charge in [-0.25, -0.2) is 0 Å². The Labute approximate surface area is 75.6 Å². The second-order valence-corrected chi connectivity index (χ2v) is 2.31. The first-order valence-corrected chi connectivity index (χ1v) is 3.42. The minimum absolute atomic E-state index is 0.606. The Hall–Kier alpha value is -1.19. The lowest BCUT2D eigenvalue weighted by molar-refractivity contribution is -0.172. The maximum atomic E-state index is 11.9. The second-order valence-electron chi connectivity index (χ2n) is 2.31. The summed E-state index contributed by atoms with van der Waals surface area (Å²) in [5.74, 6) is 0. The van der Waals surface area contributed by atoms with Gasteiger partial charge in [-0.2, -0.15) is 31.6 Å². The summed E-state index contributed by atoms with van der Waals surface area (Å²) in [6, 6.07) is 0.905. The van der Waals surface area contributed by atoms with Crippen molar-refractivity contribution in [2.45, 2.75) is 25.7 Å². The topological polar surface area (TPSA) is 23.8 Å². The van der Waals surface area contributed by atoms with Crippen LogP contribution >= 0.6 is 0 Å². The quantitative estimate of drug-likeness (QED) is 0.488. The molecule has 0 aromatic rings. The van der Waals surface area contributed by atoms with E-state index in [0.717, 1.165) is 13.0 Å². The van der Waals surface area contributed by atoms with Crippen LogP contribution in [0.5, 0.6) is 0 Å². The number of nitrogens with zero attached hydrogens (tertiary/aromatic N) is 1. The van der Waals surface area contributed by atoms with E-state index in [9.17, 15) is 26.3 Å². The highest BCUT2D eigenvalue weighted by molar-refractivity contribution is 5.33. The molecular weight excluding hydrogens is 212 g/mol. The molecule has 1 nitrogen and oxygen atoms in total. The molecule has 0 atom stereocenters. The molecule has 0 aromatic carbocycles. The average Bonchev–Trinajstić information content (AvgIpc) is 1.94. The fourth-order valence-electron chi connectivity index (χ4n) is 0.815. The molecule has 0 amide bonds. The molecule has 0 unspecified atom stereocenters. The molecule has 0 aliphatic heterocycles. The predicted molar refractivity (Wildman–Crippen MR) is 35.0 cm³/mol. The van der Waals surface area contributed by atoms with Gasteiger partial charge >= 0.3 is 12.4 Å². The van der Waals surface area contributed by atoms with Crippen LogP contribution in [0.15, 0.2) is 11.1 Å². The number of halogens is 6. The number of allylic oxidation sites excluding steroid dienone is 2. The van der Waals surface area contributed by atoms with Crippen LogP contribution in [0.2, 0.25) is 0 Å². The summed E-state index contributed by atoms with van der Waals surface area (Å²) < 4.78 is 71.5. The van der Waals surface area contributed by atoms with Crippen molar-refractivity contribution in [3.8, 4) is 6.07 Å². The fraction of sp³-hybridized carbons (Fsp3) is 0.571. The van der Waals surface area contributed by atoms with Crippen molar-refractivity contribution in [2.24, 2.45) is 0 Å². The van der Waals surface area contributed by atoms with E-state index in [0.29, 0.717) is 0 Å². The molecule has 0 radical (unpaired) electrons. The lowest BCUT2D eigenvalue weighted by Crippen LogP contribution is -2.27. The van der Waals surface area contributed by atoms with Gasteiger partial charge in [0, 0.05) is 5.57 Å². The Morgan fingerprint density at radius 3 is 1.50 bits per heavy atom. The molecule has 0 bridgehead atoms. The van der Waals surface area contributed by atoms with E-state index in [2.05, 4.69) is 0 Å². The van der Waals surface area contributed by atoms with E-state index in [1.165, 1.54) is 0 Å². The molecule has 0 N–H and O–H groups in total. The van der Waals surface area contributed by atoms with Gasteiger partial charge in [-0.3, -0.25) is 0 Å². The van der Waals surface area contributed by atoms with Crippen molar-refractivity contribution in [2.75, 3.05) is 0 Å². The molecule has 0 saturated heterocycles. The molecule has 14 heavy (non-hydrogen) atoms. The minimum atomic E-state index is -5.54. The smallest absolute Gasteiger partial charge is 0.193 e. The first-order valence-electron chi connectivity index (χ1n) is 3.42. The maximum Gasteiger partial charge on any atom is 0.422 e. The van der Waals surface area contributed by atoms with E-state index >= 15 is 0 Å². The monoisotopic (exact) mass is 217 g/mol. The summed E-state index contributed by atoms with van der Waals surface area (Å²) in [6.07, 6.45) is -11.7. The molecule has 0 aliphatic rings. The van der Waals surface area contributed by atoms with Crippen LogP contribution in [0.3, 0.4) is 0 Å². The molecule has 0 rings (SSSR count). The van der Waals surface area contributed by atoms with E-state index in [4.69, 9.17) is 5.26 Å². The highest BCUT2D eigenvalue weighted by Crippen LogP contribution is 2.41. The van der Waals surface area contributed by atoms with Gasteiger partial charge in [-0.05, 0) is 6.42 Å². The second kappa shape index (κ2) is 3.90. The van der Waals surface area contributed by atoms with Gasteiger partial charge in [-0.15, -0.1) is 0 Å². The van der Waals surface area contributed by atoms with Gasteiger partial charge in [0.25, 0.3) is 0 Å². The maximum absolute atomic E-state index is 11.9. The van der Waals surface area contributed by atoms with Crippen LogP contribution in [-0.4, -0.2) is 12.4 Å². The van der Waals surface area contributed by atoms with Crippen molar-refractivity contribution in [3.63, 3.8) is 0 Å². The summed E-state index contributed by atoms with van der Waals surface area (Å²) >= 11 is 0. The molecule has 7 heteroatoms. The number of alkyl halides is 6. The third-order valence-corrected chi connectivity index (χ3v) is 1.36. The van der Waals surface area contributed by atoms with Crippen LogP contribution in [-0.2, 0) is 0 Å². The third kappa shape index (κ3) is 2.94. The van der Waals surface area contributed by atoms with Crippen LogP contribution < -0.4 is 0 Å². The van der Waals surface area contributed by atoms with E-state index in [1.807, 2.05) is 0 Å². The zero-order valence-corrected chi connectivity index (χ0v) is 6.92. The zero-order chi connectivity index (χ0) is 11.6. The molecule has 0 aromatic heterocycles. The van der Waals surface area contributed by atoms with Gasteiger partial charge in [0.2, 0.25) is 0 Å². The Bertz CT molecular complexity index is 260. The molecule has 80 valence electrons. The third-order valence-electron chi connectivity index (χ3n) is 1.36. The lowest BCUT2D eigenvalue weighted by atomic mass is 10.1. The molecular formula is C7H5F6N. The van der Waals surface area contributed by atoms with Crippen LogP contribution in [0.4, 0.5) is 26.3 Å². The van der Waals surface area contributed by atoms with Gasteiger partial charge in [0.15, 0.2) is 0 Å². The Balaban J connectivity index is 5.58. The Morgan fingerprint density at radius 2 is 1.43 bits per heavy atom. The highest BCUT2D eigenvalue weighted by Gasteiger charge is 2.52. The normalized spacial score (nSPS) is 12.1. The van der Waals surface area contributed by atoms with Crippen molar-refractivity contribution in [1.82, 2.24) is 0 Å². The first-order chi connectivity index (χ1) is 6.14. The molecule has 0 aliphatic carbocycles. The van der Waals surface area contributed by atoms with Gasteiger partial charge < -0.3 is 0 Å². The molecule has 0 heterocycles. The highest BCUT2D eigenvalue weighted by atomic mass is 19.4. The van der Waals surface area contributed by atoms with Crippen LogP contribution in [0.25, 0.3) is 0 Å². The van der Waals surface area contributed by atoms with E-state index < -0.39 is 29.9 Å². The molecule has 0 fully saturated rings. The standard InChI is InChI=1S/C7H5F6N/c1-2-4(3-14)5(6(8,9)10)7(11,12)13/h2H2,1H3. The van der Waals surface area contributed by atoms with E-state index in [-0.39, 0.29) is 0 Å². The number of hydrogen-bond donors (Lipinski definition) is 0. The predicted octanol–water partition coefficient (Wildman–Crippen LogP) is 3.34. The summed E-state index contributed by atoms with van der Waals surface area (Å²) in [7, 11) is 0. The zero-order valence-electron chi connectivity index (χ0n) is 6.92. The van der Waals surface area contributed by atoms with Crippen molar-refractivity contribution >= 4 is 0 Å². The summed E-state index contributed by atoms with van der Waals surface area (Å²) in [5.41, 5.74) is -4.01. The van der Waals surface area contributed by atoms with Crippen LogP contribution in [0.1, 0.15) is 13.3 Å². The SMILES string of the molecule is CCC(C#N)=C(C(F)(F)F)C(F)(F)F. The summed E-state index contributed by atoms with van der Waals surface area (Å²) in [4.78, 5) is 0. The minimum Gasteiger partial charge on any atom is -0.193 e.